The molecule has 1 aliphatic heterocycles. The van der Waals surface area contributed by atoms with Crippen LogP contribution in [-0.4, -0.2) is 60.2 Å². The van der Waals surface area contributed by atoms with E-state index in [4.69, 9.17) is 15.0 Å². The van der Waals surface area contributed by atoms with Crippen molar-refractivity contribution in [1.82, 2.24) is 20.2 Å². The molecule has 1 saturated heterocycles. The molecule has 0 aromatic carbocycles. The van der Waals surface area contributed by atoms with Gasteiger partial charge in [-0.15, -0.1) is 11.3 Å². The lowest BCUT2D eigenvalue weighted by Gasteiger charge is -2.30. The van der Waals surface area contributed by atoms with Crippen LogP contribution in [0.25, 0.3) is 0 Å². The Kier molecular flexibility index (Phi) is 8.56. The number of hydrogen-bond donors (Lipinski definition) is 2. The highest BCUT2D eigenvalue weighted by Gasteiger charge is 2.22. The molecule has 160 valence electrons. The van der Waals surface area contributed by atoms with Crippen LogP contribution in [-0.2, 0) is 4.74 Å². The number of thiazole rings is 1. The second-order valence-electron chi connectivity index (χ2n) is 7.15. The minimum Gasteiger partial charge on any atom is -0.382 e. The monoisotopic (exact) mass is 428 g/mol. The lowest BCUT2D eigenvalue weighted by molar-refractivity contribution is 0.0940. The minimum atomic E-state index is -0.183. The summed E-state index contributed by atoms with van der Waals surface area (Å²) in [6.45, 7) is 6.12. The number of nitrogens with one attached hydrogen (secondary N) is 2. The van der Waals surface area contributed by atoms with Crippen LogP contribution >= 0.6 is 11.3 Å². The largest absolute Gasteiger partial charge is 0.382 e. The van der Waals surface area contributed by atoms with Crippen molar-refractivity contribution in [3.8, 4) is 6.07 Å². The summed E-state index contributed by atoms with van der Waals surface area (Å²) in [5.74, 6) is 0.850. The Morgan fingerprint density at radius 2 is 2.33 bits per heavy atom. The summed E-state index contributed by atoms with van der Waals surface area (Å²) in [6, 6.07) is 8.15. The van der Waals surface area contributed by atoms with Crippen LogP contribution in [0.3, 0.4) is 0 Å². The SMILES string of the molecule is CCOCCCNC(=O)c1csc(Nc2cccc(C3CCCN(CC#N)C3)n2)n1. The first kappa shape index (κ1) is 22.2. The van der Waals surface area contributed by atoms with Gasteiger partial charge < -0.3 is 15.4 Å². The summed E-state index contributed by atoms with van der Waals surface area (Å²) < 4.78 is 5.26. The number of piperidine rings is 1. The van der Waals surface area contributed by atoms with E-state index in [1.54, 1.807) is 5.38 Å². The molecule has 8 nitrogen and oxygen atoms in total. The third kappa shape index (κ3) is 6.49. The van der Waals surface area contributed by atoms with E-state index in [0.717, 1.165) is 38.0 Å². The molecule has 1 fully saturated rings. The van der Waals surface area contributed by atoms with Crippen molar-refractivity contribution in [1.29, 1.82) is 5.26 Å². The van der Waals surface area contributed by atoms with Crippen LogP contribution in [0.2, 0.25) is 0 Å². The lowest BCUT2D eigenvalue weighted by atomic mass is 9.94. The van der Waals surface area contributed by atoms with Gasteiger partial charge in [-0.3, -0.25) is 9.69 Å². The van der Waals surface area contributed by atoms with E-state index in [9.17, 15) is 4.79 Å². The normalized spacial score (nSPS) is 16.7. The maximum absolute atomic E-state index is 12.2. The van der Waals surface area contributed by atoms with Gasteiger partial charge in [0.2, 0.25) is 0 Å². The fourth-order valence-electron chi connectivity index (χ4n) is 3.45. The van der Waals surface area contributed by atoms with Crippen LogP contribution in [0.1, 0.15) is 48.3 Å². The third-order valence-electron chi connectivity index (χ3n) is 4.92. The van der Waals surface area contributed by atoms with Crippen molar-refractivity contribution < 1.29 is 9.53 Å². The molecular weight excluding hydrogens is 400 g/mol. The summed E-state index contributed by atoms with van der Waals surface area (Å²) in [5, 5.41) is 17.4. The van der Waals surface area contributed by atoms with Crippen LogP contribution in [0.5, 0.6) is 0 Å². The van der Waals surface area contributed by atoms with Crippen molar-refractivity contribution >= 4 is 28.2 Å². The number of carbonyl (C=O) groups excluding carboxylic acids is 1. The molecule has 1 atom stereocenters. The summed E-state index contributed by atoms with van der Waals surface area (Å²) in [5.41, 5.74) is 1.42. The molecule has 0 aliphatic carbocycles. The Bertz CT molecular complexity index is 865. The fraction of sp³-hybridized carbons (Fsp3) is 0.524. The lowest BCUT2D eigenvalue weighted by Crippen LogP contribution is -2.34. The highest BCUT2D eigenvalue weighted by atomic mass is 32.1. The number of nitriles is 1. The molecule has 1 amide bonds. The zero-order valence-corrected chi connectivity index (χ0v) is 18.1. The molecule has 1 aliphatic rings. The molecule has 0 radical (unpaired) electrons. The van der Waals surface area contributed by atoms with E-state index >= 15 is 0 Å². The predicted octanol–water partition coefficient (Wildman–Crippen LogP) is 3.14. The molecule has 0 bridgehead atoms. The number of rotatable bonds is 10. The highest BCUT2D eigenvalue weighted by molar-refractivity contribution is 7.14. The maximum Gasteiger partial charge on any atom is 0.270 e. The molecule has 1 unspecified atom stereocenters. The van der Waals surface area contributed by atoms with E-state index in [0.29, 0.717) is 48.9 Å². The molecule has 3 rings (SSSR count). The molecule has 0 spiro atoms. The minimum absolute atomic E-state index is 0.183. The first-order chi connectivity index (χ1) is 14.7. The number of likely N-dealkylation sites (tertiary alicyclic amines) is 1. The predicted molar refractivity (Wildman–Crippen MR) is 117 cm³/mol. The first-order valence-electron chi connectivity index (χ1n) is 10.3. The average Bonchev–Trinajstić information content (AvgIpc) is 3.23. The number of nitrogens with zero attached hydrogens (tertiary/aromatic N) is 4. The summed E-state index contributed by atoms with van der Waals surface area (Å²) in [4.78, 5) is 23.5. The van der Waals surface area contributed by atoms with Crippen LogP contribution < -0.4 is 10.6 Å². The number of hydrogen-bond acceptors (Lipinski definition) is 8. The summed E-state index contributed by atoms with van der Waals surface area (Å²) in [7, 11) is 0. The van der Waals surface area contributed by atoms with Crippen LogP contribution in [0, 0.1) is 11.3 Å². The van der Waals surface area contributed by atoms with Gasteiger partial charge in [0.25, 0.3) is 5.91 Å². The Balaban J connectivity index is 1.55. The maximum atomic E-state index is 12.2. The average molecular weight is 429 g/mol. The Morgan fingerprint density at radius 1 is 1.43 bits per heavy atom. The van der Waals surface area contributed by atoms with E-state index in [1.165, 1.54) is 11.3 Å². The van der Waals surface area contributed by atoms with Gasteiger partial charge >= 0.3 is 0 Å². The van der Waals surface area contributed by atoms with Gasteiger partial charge in [-0.05, 0) is 44.9 Å². The Labute approximate surface area is 181 Å². The second-order valence-corrected chi connectivity index (χ2v) is 8.01. The van der Waals surface area contributed by atoms with Gasteiger partial charge in [0.1, 0.15) is 11.5 Å². The molecule has 3 heterocycles. The topological polar surface area (TPSA) is 103 Å². The van der Waals surface area contributed by atoms with Crippen molar-refractivity contribution in [3.63, 3.8) is 0 Å². The number of ether oxygens (including phenoxy) is 1. The van der Waals surface area contributed by atoms with Gasteiger partial charge in [0.15, 0.2) is 5.13 Å². The molecule has 2 aromatic rings. The Hall–Kier alpha value is -2.54. The van der Waals surface area contributed by atoms with Crippen molar-refractivity contribution in [3.05, 3.63) is 35.0 Å². The molecule has 2 N–H and O–H groups in total. The van der Waals surface area contributed by atoms with E-state index in [-0.39, 0.29) is 5.91 Å². The highest BCUT2D eigenvalue weighted by Crippen LogP contribution is 2.27. The quantitative estimate of drug-likeness (QED) is 0.443. The van der Waals surface area contributed by atoms with Gasteiger partial charge in [-0.25, -0.2) is 9.97 Å². The van der Waals surface area contributed by atoms with Crippen molar-refractivity contribution in [2.45, 2.75) is 32.1 Å². The van der Waals surface area contributed by atoms with Crippen LogP contribution in [0.15, 0.2) is 23.6 Å². The van der Waals surface area contributed by atoms with Crippen LogP contribution in [0.4, 0.5) is 10.9 Å². The third-order valence-corrected chi connectivity index (χ3v) is 5.67. The fourth-order valence-corrected chi connectivity index (χ4v) is 4.14. The molecule has 0 saturated carbocycles. The van der Waals surface area contributed by atoms with Gasteiger partial charge in [-0.2, -0.15) is 5.26 Å². The van der Waals surface area contributed by atoms with Gasteiger partial charge in [0, 0.05) is 43.3 Å². The Morgan fingerprint density at radius 3 is 3.17 bits per heavy atom. The molecule has 2 aromatic heterocycles. The number of pyridine rings is 1. The zero-order chi connectivity index (χ0) is 21.2. The zero-order valence-electron chi connectivity index (χ0n) is 17.3. The molecular formula is C21H28N6O2S. The molecule has 9 heteroatoms. The number of anilines is 2. The standard InChI is InChI=1S/C21H28N6O2S/c1-2-29-13-5-10-23-20(28)18-15-30-21(25-18)26-19-8-3-7-17(24-19)16-6-4-11-27(14-16)12-9-22/h3,7-8,15-16H,2,4-6,10-14H2,1H3,(H,23,28)(H,24,25,26). The van der Waals surface area contributed by atoms with E-state index in [2.05, 4.69) is 26.6 Å². The number of carbonyl (C=O) groups is 1. The van der Waals surface area contributed by atoms with Crippen molar-refractivity contribution in [2.24, 2.45) is 0 Å². The number of amides is 1. The van der Waals surface area contributed by atoms with Gasteiger partial charge in [0.05, 0.1) is 12.6 Å². The molecule has 30 heavy (non-hydrogen) atoms. The van der Waals surface area contributed by atoms with Crippen molar-refractivity contribution in [2.75, 3.05) is 44.7 Å². The van der Waals surface area contributed by atoms with Gasteiger partial charge in [-0.1, -0.05) is 6.07 Å². The second kappa shape index (κ2) is 11.6. The summed E-state index contributed by atoms with van der Waals surface area (Å²) in [6.07, 6.45) is 2.92. The smallest absolute Gasteiger partial charge is 0.270 e. The number of aromatic nitrogens is 2. The summed E-state index contributed by atoms with van der Waals surface area (Å²) >= 11 is 1.38. The van der Waals surface area contributed by atoms with E-state index < -0.39 is 0 Å². The van der Waals surface area contributed by atoms with E-state index in [1.807, 2.05) is 25.1 Å². The first-order valence-corrected chi connectivity index (χ1v) is 11.2.